The number of benzene rings is 1. The molecule has 0 radical (unpaired) electrons. The van der Waals surface area contributed by atoms with E-state index in [9.17, 15) is 0 Å². The Morgan fingerprint density at radius 3 is 2.45 bits per heavy atom. The first-order chi connectivity index (χ1) is 9.39. The van der Waals surface area contributed by atoms with Crippen LogP contribution in [0.1, 0.15) is 26.3 Å². The van der Waals surface area contributed by atoms with Crippen molar-refractivity contribution < 1.29 is 0 Å². The predicted octanol–water partition coefficient (Wildman–Crippen LogP) is 3.49. The first-order valence-corrected chi connectivity index (χ1v) is 6.89. The van der Waals surface area contributed by atoms with Gasteiger partial charge in [0.05, 0.1) is 0 Å². The third kappa shape index (κ3) is 3.20. The van der Waals surface area contributed by atoms with Crippen LogP contribution in [0.25, 0.3) is 0 Å². The summed E-state index contributed by atoms with van der Waals surface area (Å²) in [5, 5.41) is 3.68. The van der Waals surface area contributed by atoms with E-state index in [1.165, 1.54) is 5.56 Å². The van der Waals surface area contributed by atoms with Gasteiger partial charge in [-0.05, 0) is 12.5 Å². The normalized spacial score (nSPS) is 13.0. The van der Waals surface area contributed by atoms with Gasteiger partial charge in [0, 0.05) is 17.5 Å². The minimum atomic E-state index is -0.0621. The van der Waals surface area contributed by atoms with Crippen LogP contribution >= 0.6 is 11.6 Å². The summed E-state index contributed by atoms with van der Waals surface area (Å²) in [6, 6.07) is 12.2. The van der Waals surface area contributed by atoms with Crippen LogP contribution in [0.5, 0.6) is 0 Å². The highest BCUT2D eigenvalue weighted by molar-refractivity contribution is 6.29. The smallest absolute Gasteiger partial charge is 0.223 e. The number of nitrogen functional groups attached to an aromatic ring is 1. The van der Waals surface area contributed by atoms with E-state index in [0.29, 0.717) is 11.0 Å². The maximum absolute atomic E-state index is 5.89. The van der Waals surface area contributed by atoms with Crippen LogP contribution in [0.2, 0.25) is 5.15 Å². The van der Waals surface area contributed by atoms with Crippen LogP contribution in [-0.4, -0.2) is 16.0 Å². The lowest BCUT2D eigenvalue weighted by Crippen LogP contribution is -2.37. The number of nitrogens with zero attached hydrogens (tertiary/aromatic N) is 2. The van der Waals surface area contributed by atoms with Gasteiger partial charge in [0.2, 0.25) is 5.95 Å². The Kier molecular flexibility index (Phi) is 4.14. The molecule has 2 rings (SSSR count). The molecular formula is C15H19ClN4. The molecule has 0 aliphatic carbocycles. The zero-order valence-corrected chi connectivity index (χ0v) is 12.6. The van der Waals surface area contributed by atoms with E-state index < -0.39 is 0 Å². The molecule has 5 heteroatoms. The van der Waals surface area contributed by atoms with Crippen LogP contribution in [0.15, 0.2) is 36.4 Å². The number of nitrogens with one attached hydrogen (secondary N) is 1. The van der Waals surface area contributed by atoms with Gasteiger partial charge in [-0.1, -0.05) is 55.8 Å². The molecule has 2 aromatic rings. The second-order valence-corrected chi connectivity index (χ2v) is 5.78. The minimum Gasteiger partial charge on any atom is -0.368 e. The molecule has 0 spiro atoms. The van der Waals surface area contributed by atoms with Crippen LogP contribution in [0.3, 0.4) is 0 Å². The molecule has 1 heterocycles. The van der Waals surface area contributed by atoms with Gasteiger partial charge in [0.25, 0.3) is 0 Å². The third-order valence-electron chi connectivity index (χ3n) is 3.68. The topological polar surface area (TPSA) is 63.8 Å². The molecule has 0 amide bonds. The molecule has 20 heavy (non-hydrogen) atoms. The third-order valence-corrected chi connectivity index (χ3v) is 3.87. The maximum Gasteiger partial charge on any atom is 0.223 e. The van der Waals surface area contributed by atoms with Crippen molar-refractivity contribution in [1.82, 2.24) is 9.97 Å². The van der Waals surface area contributed by atoms with Gasteiger partial charge in [-0.25, -0.2) is 4.98 Å². The van der Waals surface area contributed by atoms with Crippen molar-refractivity contribution in [3.63, 3.8) is 0 Å². The van der Waals surface area contributed by atoms with Crippen molar-refractivity contribution >= 4 is 23.4 Å². The number of halogens is 1. The fourth-order valence-electron chi connectivity index (χ4n) is 2.03. The quantitative estimate of drug-likeness (QED) is 0.846. The van der Waals surface area contributed by atoms with E-state index in [2.05, 4.69) is 48.2 Å². The number of anilines is 2. The highest BCUT2D eigenvalue weighted by atomic mass is 35.5. The van der Waals surface area contributed by atoms with Crippen molar-refractivity contribution in [3.05, 3.63) is 47.1 Å². The second-order valence-electron chi connectivity index (χ2n) is 5.39. The van der Waals surface area contributed by atoms with Gasteiger partial charge in [0.1, 0.15) is 11.0 Å². The number of hydrogen-bond donors (Lipinski definition) is 2. The minimum absolute atomic E-state index is 0.0621. The van der Waals surface area contributed by atoms with Crippen molar-refractivity contribution in [2.45, 2.75) is 32.2 Å². The van der Waals surface area contributed by atoms with E-state index in [1.54, 1.807) is 6.07 Å². The summed E-state index contributed by atoms with van der Waals surface area (Å²) in [7, 11) is 0. The largest absolute Gasteiger partial charge is 0.368 e. The fourth-order valence-corrected chi connectivity index (χ4v) is 2.22. The van der Waals surface area contributed by atoms with Gasteiger partial charge >= 0.3 is 0 Å². The first kappa shape index (κ1) is 14.6. The molecule has 1 aromatic heterocycles. The Morgan fingerprint density at radius 2 is 1.85 bits per heavy atom. The zero-order valence-electron chi connectivity index (χ0n) is 11.9. The summed E-state index contributed by atoms with van der Waals surface area (Å²) in [6.45, 7) is 6.48. The summed E-state index contributed by atoms with van der Waals surface area (Å²) in [5.41, 5.74) is 6.80. The van der Waals surface area contributed by atoms with Gasteiger partial charge in [-0.2, -0.15) is 4.98 Å². The molecule has 0 bridgehead atoms. The lowest BCUT2D eigenvalue weighted by Gasteiger charge is -2.33. The Balaban J connectivity index is 2.21. The zero-order chi connectivity index (χ0) is 14.8. The maximum atomic E-state index is 5.89. The highest BCUT2D eigenvalue weighted by Gasteiger charge is 2.28. The van der Waals surface area contributed by atoms with Crippen molar-refractivity contribution in [1.29, 1.82) is 0 Å². The first-order valence-electron chi connectivity index (χ1n) is 6.51. The van der Waals surface area contributed by atoms with Gasteiger partial charge < -0.3 is 11.1 Å². The van der Waals surface area contributed by atoms with Crippen LogP contribution in [0.4, 0.5) is 11.8 Å². The van der Waals surface area contributed by atoms with E-state index in [0.717, 1.165) is 0 Å². The van der Waals surface area contributed by atoms with Gasteiger partial charge in [-0.3, -0.25) is 0 Å². The van der Waals surface area contributed by atoms with E-state index in [1.807, 2.05) is 18.2 Å². The lowest BCUT2D eigenvalue weighted by atomic mass is 9.78. The molecule has 1 aromatic carbocycles. The van der Waals surface area contributed by atoms with Crippen molar-refractivity contribution in [2.24, 2.45) is 0 Å². The summed E-state index contributed by atoms with van der Waals surface area (Å²) in [5.74, 6) is 0.809. The van der Waals surface area contributed by atoms with Crippen LogP contribution in [0, 0.1) is 0 Å². The Bertz CT molecular complexity index is 563. The fraction of sp³-hybridized carbons (Fsp3) is 0.333. The van der Waals surface area contributed by atoms with Crippen molar-refractivity contribution in [2.75, 3.05) is 11.1 Å². The number of nitrogens with two attached hydrogens (primary N) is 1. The molecule has 4 nitrogen and oxygen atoms in total. The lowest BCUT2D eigenvalue weighted by molar-refractivity contribution is 0.457. The average Bonchev–Trinajstić information content (AvgIpc) is 2.38. The second kappa shape index (κ2) is 5.67. The van der Waals surface area contributed by atoms with Crippen molar-refractivity contribution in [3.8, 4) is 0 Å². The summed E-state index contributed by atoms with van der Waals surface area (Å²) in [6.07, 6.45) is 0. The van der Waals surface area contributed by atoms with E-state index >= 15 is 0 Å². The van der Waals surface area contributed by atoms with Crippen LogP contribution < -0.4 is 11.1 Å². The van der Waals surface area contributed by atoms with E-state index in [-0.39, 0.29) is 17.4 Å². The molecule has 0 saturated carbocycles. The van der Waals surface area contributed by atoms with Crippen LogP contribution in [-0.2, 0) is 5.41 Å². The van der Waals surface area contributed by atoms with E-state index in [4.69, 9.17) is 17.3 Å². The molecule has 3 N–H and O–H groups in total. The summed E-state index contributed by atoms with van der Waals surface area (Å²) >= 11 is 5.89. The number of hydrogen-bond acceptors (Lipinski definition) is 4. The molecule has 1 unspecified atom stereocenters. The Hall–Kier alpha value is -1.81. The molecule has 0 fully saturated rings. The van der Waals surface area contributed by atoms with Gasteiger partial charge in [-0.15, -0.1) is 0 Å². The Morgan fingerprint density at radius 1 is 1.20 bits per heavy atom. The SMILES string of the molecule is CC(Nc1cc(Cl)nc(N)n1)C(C)(C)c1ccccc1. The monoisotopic (exact) mass is 290 g/mol. The number of rotatable bonds is 4. The summed E-state index contributed by atoms with van der Waals surface area (Å²) in [4.78, 5) is 8.01. The molecular weight excluding hydrogens is 272 g/mol. The highest BCUT2D eigenvalue weighted by Crippen LogP contribution is 2.29. The standard InChI is InChI=1S/C15H19ClN4/c1-10(15(2,3)11-7-5-4-6-8-11)18-13-9-12(16)19-14(17)20-13/h4-10H,1-3H3,(H3,17,18,19,20). The molecule has 0 aliphatic rings. The molecule has 0 aliphatic heterocycles. The summed E-state index contributed by atoms with van der Waals surface area (Å²) < 4.78 is 0. The predicted molar refractivity (Wildman–Crippen MR) is 84.0 cm³/mol. The number of aromatic nitrogens is 2. The molecule has 0 saturated heterocycles. The van der Waals surface area contributed by atoms with Gasteiger partial charge in [0.15, 0.2) is 0 Å². The molecule has 106 valence electrons. The molecule has 1 atom stereocenters. The Labute approximate surface area is 124 Å². The average molecular weight is 291 g/mol.